The molecule has 0 aromatic carbocycles. The van der Waals surface area contributed by atoms with E-state index in [0.717, 1.165) is 19.0 Å². The van der Waals surface area contributed by atoms with Crippen molar-refractivity contribution in [2.45, 2.75) is 51.5 Å². The van der Waals surface area contributed by atoms with Gasteiger partial charge in [0, 0.05) is 13.7 Å². The predicted octanol–water partition coefficient (Wildman–Crippen LogP) is 3.40. The molecule has 0 bridgehead atoms. The third-order valence-electron chi connectivity index (χ3n) is 3.57. The second-order valence-corrected chi connectivity index (χ2v) is 4.91. The maximum atomic E-state index is 4.24. The molecular formula is C15H27N3. The number of aromatic nitrogens is 1. The van der Waals surface area contributed by atoms with Crippen LogP contribution in [0.2, 0.25) is 0 Å². The smallest absolute Gasteiger partial charge is 0.0564 e. The van der Waals surface area contributed by atoms with Gasteiger partial charge in [0.05, 0.1) is 11.9 Å². The number of nitrogens with zero attached hydrogens (tertiary/aromatic N) is 1. The molecule has 1 saturated heterocycles. The van der Waals surface area contributed by atoms with Gasteiger partial charge in [0.2, 0.25) is 0 Å². The fraction of sp³-hybridized carbons (Fsp3) is 0.667. The van der Waals surface area contributed by atoms with Gasteiger partial charge in [-0.2, -0.15) is 0 Å². The summed E-state index contributed by atoms with van der Waals surface area (Å²) >= 11 is 0. The number of hydrogen-bond donors (Lipinski definition) is 2. The van der Waals surface area contributed by atoms with Crippen molar-refractivity contribution in [1.29, 1.82) is 0 Å². The minimum atomic E-state index is 0. The molecule has 3 rings (SSSR count). The SMILES string of the molecule is CC.[HH].c1cc(C2CC2)c(NC2CCNCC2)cn1. The highest BCUT2D eigenvalue weighted by Crippen LogP contribution is 2.43. The summed E-state index contributed by atoms with van der Waals surface area (Å²) in [6.07, 6.45) is 9.06. The molecule has 2 fully saturated rings. The third-order valence-corrected chi connectivity index (χ3v) is 3.57. The molecule has 1 aliphatic carbocycles. The quantitative estimate of drug-likeness (QED) is 0.862. The second-order valence-electron chi connectivity index (χ2n) is 4.91. The van der Waals surface area contributed by atoms with E-state index in [4.69, 9.17) is 0 Å². The van der Waals surface area contributed by atoms with Gasteiger partial charge in [-0.05, 0) is 56.3 Å². The second kappa shape index (κ2) is 6.74. The van der Waals surface area contributed by atoms with Gasteiger partial charge in [-0.15, -0.1) is 0 Å². The van der Waals surface area contributed by atoms with Crippen LogP contribution in [0.4, 0.5) is 5.69 Å². The molecule has 102 valence electrons. The number of pyridine rings is 1. The average Bonchev–Trinajstić information content (AvgIpc) is 3.27. The molecule has 1 aromatic heterocycles. The average molecular weight is 249 g/mol. The minimum Gasteiger partial charge on any atom is -0.381 e. The van der Waals surface area contributed by atoms with Crippen molar-refractivity contribution in [1.82, 2.24) is 10.3 Å². The lowest BCUT2D eigenvalue weighted by molar-refractivity contribution is 0.479. The summed E-state index contributed by atoms with van der Waals surface area (Å²) in [5, 5.41) is 7.06. The van der Waals surface area contributed by atoms with Gasteiger partial charge in [0.15, 0.2) is 0 Å². The molecule has 1 aromatic rings. The molecule has 2 heterocycles. The molecule has 0 atom stereocenters. The summed E-state index contributed by atoms with van der Waals surface area (Å²) < 4.78 is 0. The molecule has 0 radical (unpaired) electrons. The molecule has 2 aliphatic rings. The van der Waals surface area contributed by atoms with E-state index >= 15 is 0 Å². The highest BCUT2D eigenvalue weighted by molar-refractivity contribution is 5.52. The largest absolute Gasteiger partial charge is 0.381 e. The lowest BCUT2D eigenvalue weighted by Crippen LogP contribution is -2.35. The van der Waals surface area contributed by atoms with Gasteiger partial charge < -0.3 is 10.6 Å². The monoisotopic (exact) mass is 249 g/mol. The fourth-order valence-electron chi connectivity index (χ4n) is 2.46. The fourth-order valence-corrected chi connectivity index (χ4v) is 2.46. The van der Waals surface area contributed by atoms with Crippen molar-refractivity contribution in [2.24, 2.45) is 0 Å². The van der Waals surface area contributed by atoms with Gasteiger partial charge in [-0.3, -0.25) is 4.98 Å². The van der Waals surface area contributed by atoms with Crippen molar-refractivity contribution in [3.63, 3.8) is 0 Å². The Labute approximate surface area is 112 Å². The summed E-state index contributed by atoms with van der Waals surface area (Å²) in [5.41, 5.74) is 2.76. The first-order chi connectivity index (χ1) is 8.93. The molecule has 0 unspecified atom stereocenters. The third kappa shape index (κ3) is 3.45. The molecule has 1 aliphatic heterocycles. The van der Waals surface area contributed by atoms with Crippen LogP contribution in [0.3, 0.4) is 0 Å². The summed E-state index contributed by atoms with van der Waals surface area (Å²) in [5.74, 6) is 0.798. The molecule has 18 heavy (non-hydrogen) atoms. The Hall–Kier alpha value is -1.09. The number of piperidine rings is 1. The van der Waals surface area contributed by atoms with E-state index in [1.165, 1.54) is 36.9 Å². The zero-order valence-electron chi connectivity index (χ0n) is 11.6. The van der Waals surface area contributed by atoms with Crippen LogP contribution in [0.5, 0.6) is 0 Å². The van der Waals surface area contributed by atoms with Crippen LogP contribution in [0.1, 0.15) is 52.4 Å². The van der Waals surface area contributed by atoms with E-state index in [-0.39, 0.29) is 1.43 Å². The van der Waals surface area contributed by atoms with Gasteiger partial charge in [-0.1, -0.05) is 13.8 Å². The van der Waals surface area contributed by atoms with Crippen LogP contribution in [-0.4, -0.2) is 24.1 Å². The predicted molar refractivity (Wildman–Crippen MR) is 79.2 cm³/mol. The van der Waals surface area contributed by atoms with Gasteiger partial charge in [0.1, 0.15) is 0 Å². The number of nitrogens with one attached hydrogen (secondary N) is 2. The summed E-state index contributed by atoms with van der Waals surface area (Å²) in [7, 11) is 0. The summed E-state index contributed by atoms with van der Waals surface area (Å²) in [6.45, 7) is 6.27. The van der Waals surface area contributed by atoms with Gasteiger partial charge in [0.25, 0.3) is 0 Å². The van der Waals surface area contributed by atoms with Gasteiger partial charge in [-0.25, -0.2) is 0 Å². The van der Waals surface area contributed by atoms with Crippen molar-refractivity contribution in [3.8, 4) is 0 Å². The molecule has 2 N–H and O–H groups in total. The molecule has 3 heteroatoms. The normalized spacial score (nSPS) is 19.9. The van der Waals surface area contributed by atoms with E-state index in [9.17, 15) is 0 Å². The first-order valence-corrected chi connectivity index (χ1v) is 7.34. The zero-order chi connectivity index (χ0) is 12.8. The van der Waals surface area contributed by atoms with Crippen LogP contribution in [-0.2, 0) is 0 Å². The van der Waals surface area contributed by atoms with Gasteiger partial charge >= 0.3 is 0 Å². The molecule has 3 nitrogen and oxygen atoms in total. The van der Waals surface area contributed by atoms with E-state index < -0.39 is 0 Å². The van der Waals surface area contributed by atoms with E-state index in [1.807, 2.05) is 26.2 Å². The number of anilines is 1. The number of hydrogen-bond acceptors (Lipinski definition) is 3. The Morgan fingerprint density at radius 3 is 2.61 bits per heavy atom. The zero-order valence-corrected chi connectivity index (χ0v) is 11.6. The molecule has 0 spiro atoms. The molecule has 0 amide bonds. The first kappa shape index (κ1) is 13.3. The highest BCUT2D eigenvalue weighted by Gasteiger charge is 2.26. The lowest BCUT2D eigenvalue weighted by Gasteiger charge is -2.25. The van der Waals surface area contributed by atoms with Crippen molar-refractivity contribution >= 4 is 5.69 Å². The van der Waals surface area contributed by atoms with Crippen LogP contribution in [0.15, 0.2) is 18.5 Å². The number of rotatable bonds is 3. The maximum absolute atomic E-state index is 4.24. The van der Waals surface area contributed by atoms with E-state index in [0.29, 0.717) is 6.04 Å². The Kier molecular flexibility index (Phi) is 5.00. The summed E-state index contributed by atoms with van der Waals surface area (Å²) in [4.78, 5) is 4.24. The highest BCUT2D eigenvalue weighted by atomic mass is 15.0. The Morgan fingerprint density at radius 2 is 1.94 bits per heavy atom. The summed E-state index contributed by atoms with van der Waals surface area (Å²) in [6, 6.07) is 2.81. The Morgan fingerprint density at radius 1 is 1.22 bits per heavy atom. The van der Waals surface area contributed by atoms with Crippen LogP contribution >= 0.6 is 0 Å². The van der Waals surface area contributed by atoms with E-state index in [2.05, 4.69) is 21.7 Å². The van der Waals surface area contributed by atoms with Crippen molar-refractivity contribution in [2.75, 3.05) is 18.4 Å². The Bertz CT molecular complexity index is 360. The van der Waals surface area contributed by atoms with Crippen LogP contribution in [0, 0.1) is 0 Å². The van der Waals surface area contributed by atoms with Crippen LogP contribution < -0.4 is 10.6 Å². The molecule has 1 saturated carbocycles. The molecular weight excluding hydrogens is 222 g/mol. The minimum absolute atomic E-state index is 0. The maximum Gasteiger partial charge on any atom is 0.0564 e. The van der Waals surface area contributed by atoms with Crippen molar-refractivity contribution in [3.05, 3.63) is 24.0 Å². The topological polar surface area (TPSA) is 37.0 Å². The first-order valence-electron chi connectivity index (χ1n) is 7.34. The standard InChI is InChI=1S/C13H19N3.C2H6.H2/c1-2-10(1)12-5-8-15-9-13(12)16-11-3-6-14-7-4-11;1-2;/h5,8-11,14,16H,1-4,6-7H2;1-2H3;1H. The van der Waals surface area contributed by atoms with E-state index in [1.54, 1.807) is 0 Å². The lowest BCUT2D eigenvalue weighted by atomic mass is 10.0. The Balaban J connectivity index is 0.000000576. The van der Waals surface area contributed by atoms with Crippen LogP contribution in [0.25, 0.3) is 0 Å². The van der Waals surface area contributed by atoms with Crippen molar-refractivity contribution < 1.29 is 1.43 Å².